The fourth-order valence-corrected chi connectivity index (χ4v) is 2.31. The lowest BCUT2D eigenvalue weighted by molar-refractivity contribution is 0.0751. The molecule has 0 bridgehead atoms. The van der Waals surface area contributed by atoms with Gasteiger partial charge in [-0.25, -0.2) is 0 Å². The summed E-state index contributed by atoms with van der Waals surface area (Å²) in [5.41, 5.74) is 1.98. The maximum atomic E-state index is 10.4. The largest absolute Gasteiger partial charge is 0.385 e. The van der Waals surface area contributed by atoms with Crippen LogP contribution in [0.1, 0.15) is 37.3 Å². The molecule has 1 aliphatic carbocycles. The number of benzene rings is 1. The van der Waals surface area contributed by atoms with Gasteiger partial charge in [-0.05, 0) is 36.8 Å². The Morgan fingerprint density at radius 3 is 2.44 bits per heavy atom. The van der Waals surface area contributed by atoms with Crippen molar-refractivity contribution in [2.24, 2.45) is 0 Å². The molecule has 0 amide bonds. The van der Waals surface area contributed by atoms with E-state index in [1.807, 2.05) is 6.08 Å². The molecule has 0 radical (unpaired) electrons. The van der Waals surface area contributed by atoms with E-state index in [4.69, 9.17) is 0 Å². The topological polar surface area (TPSA) is 20.2 Å². The van der Waals surface area contributed by atoms with Gasteiger partial charge >= 0.3 is 0 Å². The van der Waals surface area contributed by atoms with E-state index in [1.165, 1.54) is 11.1 Å². The molecule has 1 heteroatoms. The second-order valence-corrected chi connectivity index (χ2v) is 4.74. The SMILES string of the molecule is CCc1ccc(CC2(O)C=CCCC2)cc1. The van der Waals surface area contributed by atoms with Crippen LogP contribution in [-0.2, 0) is 12.8 Å². The number of hydrogen-bond donors (Lipinski definition) is 1. The molecule has 0 aromatic heterocycles. The minimum atomic E-state index is -0.605. The first-order valence-corrected chi connectivity index (χ1v) is 6.20. The molecule has 1 unspecified atom stereocenters. The highest BCUT2D eigenvalue weighted by Gasteiger charge is 2.25. The van der Waals surface area contributed by atoms with E-state index >= 15 is 0 Å². The van der Waals surface area contributed by atoms with Crippen LogP contribution in [0.2, 0.25) is 0 Å². The molecule has 1 aliphatic rings. The summed E-state index contributed by atoms with van der Waals surface area (Å²) in [6.45, 7) is 2.16. The highest BCUT2D eigenvalue weighted by atomic mass is 16.3. The smallest absolute Gasteiger partial charge is 0.0867 e. The average Bonchev–Trinajstić information content (AvgIpc) is 2.30. The van der Waals surface area contributed by atoms with Crippen LogP contribution >= 0.6 is 0 Å². The number of rotatable bonds is 3. The molecule has 1 N–H and O–H groups in total. The van der Waals surface area contributed by atoms with Gasteiger partial charge in [-0.2, -0.15) is 0 Å². The summed E-state index contributed by atoms with van der Waals surface area (Å²) in [6.07, 6.45) is 8.99. The van der Waals surface area contributed by atoms with Crippen molar-refractivity contribution in [3.05, 3.63) is 47.5 Å². The summed E-state index contributed by atoms with van der Waals surface area (Å²) in [5, 5.41) is 10.4. The number of aliphatic hydroxyl groups is 1. The van der Waals surface area contributed by atoms with E-state index < -0.39 is 5.60 Å². The third-order valence-electron chi connectivity index (χ3n) is 3.35. The van der Waals surface area contributed by atoms with Gasteiger partial charge in [0.1, 0.15) is 0 Å². The van der Waals surface area contributed by atoms with Crippen molar-refractivity contribution in [3.8, 4) is 0 Å². The summed E-state index contributed by atoms with van der Waals surface area (Å²) < 4.78 is 0. The average molecular weight is 216 g/mol. The predicted molar refractivity (Wildman–Crippen MR) is 67.5 cm³/mol. The van der Waals surface area contributed by atoms with E-state index in [0.717, 1.165) is 32.1 Å². The molecule has 0 saturated heterocycles. The molecule has 0 spiro atoms. The van der Waals surface area contributed by atoms with Gasteiger partial charge < -0.3 is 5.11 Å². The van der Waals surface area contributed by atoms with Gasteiger partial charge in [-0.3, -0.25) is 0 Å². The molecule has 1 aromatic rings. The molecule has 16 heavy (non-hydrogen) atoms. The molecule has 0 heterocycles. The zero-order chi connectivity index (χ0) is 11.4. The standard InChI is InChI=1S/C15H20O/c1-2-13-6-8-14(9-7-13)12-15(16)10-4-3-5-11-15/h4,6-10,16H,2-3,5,11-12H2,1H3. The van der Waals surface area contributed by atoms with Crippen molar-refractivity contribution in [1.82, 2.24) is 0 Å². The third-order valence-corrected chi connectivity index (χ3v) is 3.35. The van der Waals surface area contributed by atoms with Crippen LogP contribution in [-0.4, -0.2) is 10.7 Å². The van der Waals surface area contributed by atoms with Gasteiger partial charge in [-0.15, -0.1) is 0 Å². The van der Waals surface area contributed by atoms with Crippen LogP contribution in [0.3, 0.4) is 0 Å². The van der Waals surface area contributed by atoms with Crippen molar-refractivity contribution < 1.29 is 5.11 Å². The minimum absolute atomic E-state index is 0.605. The van der Waals surface area contributed by atoms with Gasteiger partial charge in [0.2, 0.25) is 0 Å². The van der Waals surface area contributed by atoms with E-state index in [9.17, 15) is 5.11 Å². The van der Waals surface area contributed by atoms with Crippen molar-refractivity contribution in [2.75, 3.05) is 0 Å². The zero-order valence-electron chi connectivity index (χ0n) is 9.95. The second kappa shape index (κ2) is 4.84. The normalized spacial score (nSPS) is 24.6. The number of allylic oxidation sites excluding steroid dienone is 1. The Hall–Kier alpha value is -1.08. The summed E-state index contributed by atoms with van der Waals surface area (Å²) >= 11 is 0. The maximum Gasteiger partial charge on any atom is 0.0867 e. The lowest BCUT2D eigenvalue weighted by atomic mass is 9.85. The molecule has 2 rings (SSSR count). The number of hydrogen-bond acceptors (Lipinski definition) is 1. The Kier molecular flexibility index (Phi) is 3.45. The first kappa shape index (κ1) is 11.4. The Bertz CT molecular complexity index is 364. The molecular weight excluding hydrogens is 196 g/mol. The van der Waals surface area contributed by atoms with Gasteiger partial charge in [0.05, 0.1) is 5.60 Å². The van der Waals surface area contributed by atoms with Gasteiger partial charge in [0, 0.05) is 6.42 Å². The van der Waals surface area contributed by atoms with Gasteiger partial charge in [0.25, 0.3) is 0 Å². The predicted octanol–water partition coefficient (Wildman–Crippen LogP) is 3.26. The monoisotopic (exact) mass is 216 g/mol. The molecule has 0 aliphatic heterocycles. The molecule has 0 fully saturated rings. The van der Waals surface area contributed by atoms with Crippen LogP contribution in [0.25, 0.3) is 0 Å². The molecule has 0 saturated carbocycles. The lowest BCUT2D eigenvalue weighted by Crippen LogP contribution is -2.30. The molecule has 1 aromatic carbocycles. The van der Waals surface area contributed by atoms with Gasteiger partial charge in [-0.1, -0.05) is 43.3 Å². The van der Waals surface area contributed by atoms with Crippen LogP contribution in [0, 0.1) is 0 Å². The van der Waals surface area contributed by atoms with E-state index in [0.29, 0.717) is 0 Å². The summed E-state index contributed by atoms with van der Waals surface area (Å²) in [5.74, 6) is 0. The Balaban J connectivity index is 2.07. The molecule has 1 atom stereocenters. The van der Waals surface area contributed by atoms with Crippen molar-refractivity contribution in [2.45, 2.75) is 44.6 Å². The van der Waals surface area contributed by atoms with Crippen LogP contribution in [0.5, 0.6) is 0 Å². The third kappa shape index (κ3) is 2.73. The Labute approximate surface area is 97.8 Å². The maximum absolute atomic E-state index is 10.4. The van der Waals surface area contributed by atoms with Crippen molar-refractivity contribution >= 4 is 0 Å². The first-order valence-electron chi connectivity index (χ1n) is 6.20. The van der Waals surface area contributed by atoms with E-state index in [1.54, 1.807) is 0 Å². The number of aryl methyl sites for hydroxylation is 1. The highest BCUT2D eigenvalue weighted by Crippen LogP contribution is 2.26. The lowest BCUT2D eigenvalue weighted by Gasteiger charge is -2.27. The zero-order valence-corrected chi connectivity index (χ0v) is 9.95. The fraction of sp³-hybridized carbons (Fsp3) is 0.467. The summed E-state index contributed by atoms with van der Waals surface area (Å²) in [7, 11) is 0. The Morgan fingerprint density at radius 2 is 1.88 bits per heavy atom. The van der Waals surface area contributed by atoms with Crippen LogP contribution in [0.4, 0.5) is 0 Å². The van der Waals surface area contributed by atoms with E-state index in [2.05, 4.69) is 37.3 Å². The first-order chi connectivity index (χ1) is 7.72. The van der Waals surface area contributed by atoms with Crippen LogP contribution < -0.4 is 0 Å². The van der Waals surface area contributed by atoms with Crippen LogP contribution in [0.15, 0.2) is 36.4 Å². The minimum Gasteiger partial charge on any atom is -0.385 e. The van der Waals surface area contributed by atoms with Gasteiger partial charge in [0.15, 0.2) is 0 Å². The molecule has 86 valence electrons. The Morgan fingerprint density at radius 1 is 1.19 bits per heavy atom. The van der Waals surface area contributed by atoms with E-state index in [-0.39, 0.29) is 0 Å². The van der Waals surface area contributed by atoms with Crippen molar-refractivity contribution in [1.29, 1.82) is 0 Å². The molecule has 1 nitrogen and oxygen atoms in total. The highest BCUT2D eigenvalue weighted by molar-refractivity contribution is 5.25. The second-order valence-electron chi connectivity index (χ2n) is 4.74. The summed E-state index contributed by atoms with van der Waals surface area (Å²) in [4.78, 5) is 0. The quantitative estimate of drug-likeness (QED) is 0.769. The summed E-state index contributed by atoms with van der Waals surface area (Å²) in [6, 6.07) is 8.59. The fourth-order valence-electron chi connectivity index (χ4n) is 2.31. The van der Waals surface area contributed by atoms with Crippen molar-refractivity contribution in [3.63, 3.8) is 0 Å². The molecular formula is C15H20O.